The molecule has 0 bridgehead atoms. The first kappa shape index (κ1) is 15.6. The van der Waals surface area contributed by atoms with E-state index in [1.165, 1.54) is 0 Å². The summed E-state index contributed by atoms with van der Waals surface area (Å²) in [6, 6.07) is 7.83. The minimum absolute atomic E-state index is 0.00840. The summed E-state index contributed by atoms with van der Waals surface area (Å²) < 4.78 is 5.73. The van der Waals surface area contributed by atoms with Crippen LogP contribution >= 0.6 is 0 Å². The number of furan rings is 1. The zero-order valence-corrected chi connectivity index (χ0v) is 13.8. The molecule has 2 aromatic rings. The Labute approximate surface area is 135 Å². The van der Waals surface area contributed by atoms with Gasteiger partial charge in [0.25, 0.3) is 0 Å². The maximum absolute atomic E-state index is 12.6. The summed E-state index contributed by atoms with van der Waals surface area (Å²) in [7, 11) is 0. The van der Waals surface area contributed by atoms with Gasteiger partial charge in [0.05, 0.1) is 5.41 Å². The summed E-state index contributed by atoms with van der Waals surface area (Å²) in [6.07, 6.45) is 0.698. The summed E-state index contributed by atoms with van der Waals surface area (Å²) in [6.45, 7) is 6.95. The number of hydrogen-bond donors (Lipinski definition) is 1. The lowest BCUT2D eigenvalue weighted by molar-refractivity contribution is -0.131. The van der Waals surface area contributed by atoms with Crippen LogP contribution in [0.5, 0.6) is 0 Å². The molecule has 2 heterocycles. The fraction of sp³-hybridized carbons (Fsp3) is 0.444. The molecular formula is C18H22N2O3. The van der Waals surface area contributed by atoms with Crippen LogP contribution in [0.2, 0.25) is 0 Å². The Morgan fingerprint density at radius 3 is 2.78 bits per heavy atom. The van der Waals surface area contributed by atoms with Gasteiger partial charge in [-0.25, -0.2) is 0 Å². The second-order valence-corrected chi connectivity index (χ2v) is 6.57. The zero-order valence-electron chi connectivity index (χ0n) is 13.8. The summed E-state index contributed by atoms with van der Waals surface area (Å²) in [5.74, 6) is 0.845. The second kappa shape index (κ2) is 5.72. The van der Waals surface area contributed by atoms with Gasteiger partial charge in [0.15, 0.2) is 0 Å². The molecule has 122 valence electrons. The topological polar surface area (TPSA) is 62.6 Å². The summed E-state index contributed by atoms with van der Waals surface area (Å²) in [4.78, 5) is 25.8. The molecule has 1 aromatic carbocycles. The molecule has 0 spiro atoms. The number of likely N-dealkylation sites (tertiary alicyclic amines) is 1. The van der Waals surface area contributed by atoms with Gasteiger partial charge in [-0.15, -0.1) is 0 Å². The van der Waals surface area contributed by atoms with Crippen LogP contribution < -0.4 is 5.32 Å². The molecule has 1 saturated heterocycles. The second-order valence-electron chi connectivity index (χ2n) is 6.57. The highest BCUT2D eigenvalue weighted by Crippen LogP contribution is 2.31. The Balaban J connectivity index is 1.71. The summed E-state index contributed by atoms with van der Waals surface area (Å²) in [5.41, 5.74) is 1.34. The Morgan fingerprint density at radius 2 is 2.09 bits per heavy atom. The van der Waals surface area contributed by atoms with Gasteiger partial charge in [-0.3, -0.25) is 9.59 Å². The van der Waals surface area contributed by atoms with Crippen molar-refractivity contribution in [3.05, 3.63) is 35.6 Å². The number of benzene rings is 1. The minimum atomic E-state index is -0.515. The van der Waals surface area contributed by atoms with Crippen LogP contribution in [0.1, 0.15) is 31.6 Å². The van der Waals surface area contributed by atoms with Crippen molar-refractivity contribution >= 4 is 22.8 Å². The number of hydrogen-bond acceptors (Lipinski definition) is 3. The highest BCUT2D eigenvalue weighted by atomic mass is 16.3. The van der Waals surface area contributed by atoms with E-state index < -0.39 is 5.41 Å². The SMILES string of the molecule is CC(=O)N1CCC(C)(C(=O)NCc2c(C)oc3ccccc23)C1. The zero-order chi connectivity index (χ0) is 16.6. The van der Waals surface area contributed by atoms with Gasteiger partial charge in [0, 0.05) is 37.5 Å². The summed E-state index contributed by atoms with van der Waals surface area (Å²) >= 11 is 0. The lowest BCUT2D eigenvalue weighted by Gasteiger charge is -2.23. The normalized spacial score (nSPS) is 20.9. The van der Waals surface area contributed by atoms with Gasteiger partial charge in [0.1, 0.15) is 11.3 Å². The molecule has 5 nitrogen and oxygen atoms in total. The van der Waals surface area contributed by atoms with Crippen LogP contribution in [0.4, 0.5) is 0 Å². The van der Waals surface area contributed by atoms with Crippen LogP contribution in [0.25, 0.3) is 11.0 Å². The van der Waals surface area contributed by atoms with Gasteiger partial charge >= 0.3 is 0 Å². The molecule has 1 N–H and O–H groups in total. The standard InChI is InChI=1S/C18H22N2O3/c1-12-15(14-6-4-5-7-16(14)23-12)10-19-17(22)18(3)8-9-20(11-18)13(2)21/h4-7H,8-11H2,1-3H3,(H,19,22). The lowest BCUT2D eigenvalue weighted by atomic mass is 9.88. The first-order valence-electron chi connectivity index (χ1n) is 7.91. The average Bonchev–Trinajstić information content (AvgIpc) is 3.06. The lowest BCUT2D eigenvalue weighted by Crippen LogP contribution is -2.41. The molecule has 1 aliphatic heterocycles. The number of nitrogens with zero attached hydrogens (tertiary/aromatic N) is 1. The molecule has 0 radical (unpaired) electrons. The van der Waals surface area contributed by atoms with Crippen LogP contribution in [-0.2, 0) is 16.1 Å². The average molecular weight is 314 g/mol. The fourth-order valence-corrected chi connectivity index (χ4v) is 3.24. The van der Waals surface area contributed by atoms with E-state index in [2.05, 4.69) is 5.32 Å². The van der Waals surface area contributed by atoms with Crippen LogP contribution in [-0.4, -0.2) is 29.8 Å². The van der Waals surface area contributed by atoms with Crippen molar-refractivity contribution in [2.45, 2.75) is 33.7 Å². The van der Waals surface area contributed by atoms with Crippen molar-refractivity contribution in [3.63, 3.8) is 0 Å². The van der Waals surface area contributed by atoms with E-state index in [0.29, 0.717) is 26.1 Å². The number of carbonyl (C=O) groups excluding carboxylic acids is 2. The largest absolute Gasteiger partial charge is 0.461 e. The molecule has 1 unspecified atom stereocenters. The molecule has 3 rings (SSSR count). The van der Waals surface area contributed by atoms with E-state index >= 15 is 0 Å². The predicted molar refractivity (Wildman–Crippen MR) is 87.8 cm³/mol. The molecule has 2 amide bonds. The molecule has 5 heteroatoms. The summed E-state index contributed by atoms with van der Waals surface area (Å²) in [5, 5.41) is 4.06. The highest BCUT2D eigenvalue weighted by molar-refractivity contribution is 5.86. The first-order valence-corrected chi connectivity index (χ1v) is 7.91. The third-order valence-electron chi connectivity index (χ3n) is 4.79. The Bertz CT molecular complexity index is 765. The van der Waals surface area contributed by atoms with E-state index in [1.807, 2.05) is 38.1 Å². The first-order chi connectivity index (χ1) is 10.9. The van der Waals surface area contributed by atoms with Crippen LogP contribution in [0.3, 0.4) is 0 Å². The molecule has 1 aliphatic rings. The molecule has 0 saturated carbocycles. The van der Waals surface area contributed by atoms with Crippen molar-refractivity contribution in [1.29, 1.82) is 0 Å². The highest BCUT2D eigenvalue weighted by Gasteiger charge is 2.41. The smallest absolute Gasteiger partial charge is 0.228 e. The Morgan fingerprint density at radius 1 is 1.35 bits per heavy atom. The predicted octanol–water partition coefficient (Wildman–Crippen LogP) is 2.62. The van der Waals surface area contributed by atoms with E-state index in [-0.39, 0.29) is 11.8 Å². The number of rotatable bonds is 3. The maximum atomic E-state index is 12.6. The molecule has 1 fully saturated rings. The third-order valence-corrected chi connectivity index (χ3v) is 4.79. The van der Waals surface area contributed by atoms with Crippen molar-refractivity contribution in [2.24, 2.45) is 5.41 Å². The van der Waals surface area contributed by atoms with Crippen molar-refractivity contribution in [3.8, 4) is 0 Å². The molecule has 23 heavy (non-hydrogen) atoms. The van der Waals surface area contributed by atoms with E-state index in [9.17, 15) is 9.59 Å². The molecule has 1 aromatic heterocycles. The van der Waals surface area contributed by atoms with Crippen molar-refractivity contribution in [2.75, 3.05) is 13.1 Å². The van der Waals surface area contributed by atoms with Gasteiger partial charge in [-0.1, -0.05) is 18.2 Å². The van der Waals surface area contributed by atoms with Gasteiger partial charge in [-0.05, 0) is 26.3 Å². The van der Waals surface area contributed by atoms with Crippen molar-refractivity contribution in [1.82, 2.24) is 10.2 Å². The number of nitrogens with one attached hydrogen (secondary N) is 1. The van der Waals surface area contributed by atoms with Crippen molar-refractivity contribution < 1.29 is 14.0 Å². The van der Waals surface area contributed by atoms with E-state index in [4.69, 9.17) is 4.42 Å². The molecule has 1 atom stereocenters. The van der Waals surface area contributed by atoms with E-state index in [1.54, 1.807) is 11.8 Å². The molecular weight excluding hydrogens is 292 g/mol. The Kier molecular flexibility index (Phi) is 3.88. The fourth-order valence-electron chi connectivity index (χ4n) is 3.24. The number of amides is 2. The van der Waals surface area contributed by atoms with Crippen LogP contribution in [0.15, 0.2) is 28.7 Å². The third kappa shape index (κ3) is 2.83. The minimum Gasteiger partial charge on any atom is -0.461 e. The quantitative estimate of drug-likeness (QED) is 0.947. The monoisotopic (exact) mass is 314 g/mol. The maximum Gasteiger partial charge on any atom is 0.228 e. The number of para-hydroxylation sites is 1. The van der Waals surface area contributed by atoms with E-state index in [0.717, 1.165) is 22.3 Å². The number of fused-ring (bicyclic) bond motifs is 1. The van der Waals surface area contributed by atoms with Gasteiger partial charge < -0.3 is 14.6 Å². The number of carbonyl (C=O) groups is 2. The Hall–Kier alpha value is -2.30. The van der Waals surface area contributed by atoms with Crippen LogP contribution in [0, 0.1) is 12.3 Å². The number of aryl methyl sites for hydroxylation is 1. The van der Waals surface area contributed by atoms with Gasteiger partial charge in [-0.2, -0.15) is 0 Å². The van der Waals surface area contributed by atoms with Gasteiger partial charge in [0.2, 0.25) is 11.8 Å². The molecule has 0 aliphatic carbocycles.